The van der Waals surface area contributed by atoms with E-state index < -0.39 is 0 Å². The Balaban J connectivity index is -0.00000353. The normalized spacial score (nSPS) is 11.1. The molecule has 0 fully saturated rings. The fourth-order valence-electron chi connectivity index (χ4n) is 5.99. The predicted octanol–water partition coefficient (Wildman–Crippen LogP) is -1.58. The zero-order chi connectivity index (χ0) is 31.3. The van der Waals surface area contributed by atoms with Gasteiger partial charge in [-0.15, -0.1) is 0 Å². The van der Waals surface area contributed by atoms with Gasteiger partial charge in [-0.25, -0.2) is 9.15 Å². The fourth-order valence-corrected chi connectivity index (χ4v) is 5.99. The minimum atomic E-state index is 0. The monoisotopic (exact) mass is 926 g/mol. The van der Waals surface area contributed by atoms with Crippen LogP contribution in [0.25, 0.3) is 0 Å². The van der Waals surface area contributed by atoms with Crippen molar-refractivity contribution >= 4 is 35.4 Å². The van der Waals surface area contributed by atoms with Crippen LogP contribution in [0.3, 0.4) is 0 Å². The molecule has 2 heterocycles. The van der Waals surface area contributed by atoms with E-state index in [1.54, 1.807) is 0 Å². The summed E-state index contributed by atoms with van der Waals surface area (Å²) in [7, 11) is 0. The van der Waals surface area contributed by atoms with E-state index in [-0.39, 0.29) is 90.5 Å². The molecule has 0 amide bonds. The molecule has 0 spiro atoms. The zero-order valence-electron chi connectivity index (χ0n) is 30.0. The molecule has 2 aromatic heterocycles. The Hall–Kier alpha value is -1.44. The smallest absolute Gasteiger partial charge is 0.327 e. The van der Waals surface area contributed by atoms with Gasteiger partial charge in [-0.2, -0.15) is 0 Å². The Bertz CT molecular complexity index is 1450. The van der Waals surface area contributed by atoms with Crippen LogP contribution in [0.2, 0.25) is 0 Å². The number of nitrogens with zero attached hydrogens (tertiary/aromatic N) is 4. The second-order valence-electron chi connectivity index (χ2n) is 12.7. The summed E-state index contributed by atoms with van der Waals surface area (Å²) < 4.78 is 4.54. The molecule has 49 heavy (non-hydrogen) atoms. The third-order valence-corrected chi connectivity index (χ3v) is 8.14. The summed E-state index contributed by atoms with van der Waals surface area (Å²) in [5.41, 5.74) is 10.7. The van der Waals surface area contributed by atoms with Gasteiger partial charge in [-0.05, 0) is 77.2 Å². The van der Waals surface area contributed by atoms with E-state index in [1.165, 1.54) is 44.8 Å². The average Bonchev–Trinajstić information content (AvgIpc) is 2.99. The van der Waals surface area contributed by atoms with Crippen LogP contribution < -0.4 is 58.8 Å². The van der Waals surface area contributed by atoms with E-state index >= 15 is 0 Å². The molecule has 0 aliphatic rings. The van der Waals surface area contributed by atoms with Gasteiger partial charge >= 0.3 is 11.6 Å². The van der Waals surface area contributed by atoms with Crippen LogP contribution in [0.4, 0.5) is 23.0 Å². The summed E-state index contributed by atoms with van der Waals surface area (Å²) in [4.78, 5) is 9.41. The second kappa shape index (κ2) is 23.9. The van der Waals surface area contributed by atoms with Crippen LogP contribution in [0.5, 0.6) is 0 Å². The van der Waals surface area contributed by atoms with Crippen LogP contribution >= 0.6 is 0 Å². The molecule has 10 heteroatoms. The number of benzene rings is 2. The maximum atomic E-state index is 4.70. The predicted molar refractivity (Wildman–Crippen MR) is 187 cm³/mol. The molecule has 4 aromatic rings. The summed E-state index contributed by atoms with van der Waals surface area (Å²) in [6.07, 6.45) is 8.93. The van der Waals surface area contributed by atoms with Gasteiger partial charge in [0.15, 0.2) is 0 Å². The molecule has 0 saturated carbocycles. The second-order valence-corrected chi connectivity index (χ2v) is 12.7. The van der Waals surface area contributed by atoms with Crippen molar-refractivity contribution < 1.29 is 90.5 Å². The fraction of sp³-hybridized carbons (Fsp3) is 0.385. The SMILES string of the molecule is CC=[N+](c1ccccn1)c1c(C(C)C)cc(Cc2cc(C(C)C)c([N+](=CC)c3ccccn3)c(C(C)C)c2)cc1C(C)C.[Cl-].[Cl-].[Cl-].[Cl-].[Pd].[Pd]. The first-order valence-electron chi connectivity index (χ1n) is 15.9. The summed E-state index contributed by atoms with van der Waals surface area (Å²) in [5.74, 6) is 3.36. The van der Waals surface area contributed by atoms with Crippen molar-refractivity contribution in [1.82, 2.24) is 19.1 Å². The number of halogens is 4. The van der Waals surface area contributed by atoms with Gasteiger partial charge in [-0.1, -0.05) is 91.8 Å². The van der Waals surface area contributed by atoms with Crippen molar-refractivity contribution in [3.8, 4) is 0 Å². The van der Waals surface area contributed by atoms with Gasteiger partial charge in [0.05, 0.1) is 12.4 Å². The summed E-state index contributed by atoms with van der Waals surface area (Å²) >= 11 is 0. The van der Waals surface area contributed by atoms with E-state index in [0.717, 1.165) is 18.1 Å². The topological polar surface area (TPSA) is 31.8 Å². The van der Waals surface area contributed by atoms with Crippen molar-refractivity contribution in [2.45, 2.75) is 99.3 Å². The number of aromatic nitrogens is 2. The van der Waals surface area contributed by atoms with Crippen molar-refractivity contribution in [2.75, 3.05) is 0 Å². The van der Waals surface area contributed by atoms with Gasteiger partial charge in [0.25, 0.3) is 0 Å². The zero-order valence-corrected chi connectivity index (χ0v) is 36.2. The van der Waals surface area contributed by atoms with Crippen molar-refractivity contribution in [1.29, 1.82) is 0 Å². The minimum absolute atomic E-state index is 0. The van der Waals surface area contributed by atoms with E-state index in [1.807, 2.05) is 24.5 Å². The molecule has 2 aromatic carbocycles. The maximum Gasteiger partial charge on any atom is 0.327 e. The molecule has 4 rings (SSSR count). The molecular formula is C39H50Cl4N4Pd2-2. The van der Waals surface area contributed by atoms with Crippen LogP contribution in [-0.2, 0) is 47.3 Å². The Morgan fingerprint density at radius 3 is 1.00 bits per heavy atom. The Morgan fingerprint density at radius 2 is 0.796 bits per heavy atom. The van der Waals surface area contributed by atoms with Crippen LogP contribution in [0, 0.1) is 0 Å². The van der Waals surface area contributed by atoms with Crippen molar-refractivity contribution in [3.63, 3.8) is 0 Å². The van der Waals surface area contributed by atoms with Crippen molar-refractivity contribution in [3.05, 3.63) is 106 Å². The van der Waals surface area contributed by atoms with E-state index in [9.17, 15) is 0 Å². The molecule has 0 aliphatic carbocycles. The molecule has 0 saturated heterocycles. The minimum Gasteiger partial charge on any atom is -1.00 e. The van der Waals surface area contributed by atoms with Gasteiger partial charge in [-0.3, -0.25) is 0 Å². The molecule has 0 aliphatic heterocycles. The maximum absolute atomic E-state index is 4.70. The average molecular weight is 930 g/mol. The Labute approximate surface area is 348 Å². The van der Waals surface area contributed by atoms with Gasteiger partial charge in [0.2, 0.25) is 0 Å². The molecular weight excluding hydrogens is 879 g/mol. The first-order chi connectivity index (χ1) is 20.6. The Kier molecular flexibility index (Phi) is 25.4. The molecule has 276 valence electrons. The molecule has 0 radical (unpaired) electrons. The molecule has 0 bridgehead atoms. The van der Waals surface area contributed by atoms with Gasteiger partial charge in [0, 0.05) is 75.2 Å². The number of hydrogen-bond acceptors (Lipinski definition) is 2. The Morgan fingerprint density at radius 1 is 0.510 bits per heavy atom. The summed E-state index contributed by atoms with van der Waals surface area (Å²) in [6, 6.07) is 22.0. The molecule has 4 nitrogen and oxygen atoms in total. The van der Waals surface area contributed by atoms with Gasteiger partial charge < -0.3 is 49.6 Å². The number of rotatable bonds is 10. The van der Waals surface area contributed by atoms with Crippen molar-refractivity contribution in [2.24, 2.45) is 0 Å². The van der Waals surface area contributed by atoms with E-state index in [0.29, 0.717) is 23.7 Å². The third-order valence-electron chi connectivity index (χ3n) is 8.14. The molecule has 0 unspecified atom stereocenters. The summed E-state index contributed by atoms with van der Waals surface area (Å²) in [5, 5.41) is 0. The van der Waals surface area contributed by atoms with Crippen LogP contribution in [0.15, 0.2) is 73.1 Å². The first-order valence-corrected chi connectivity index (χ1v) is 15.9. The van der Waals surface area contributed by atoms with Crippen LogP contribution in [0.1, 0.15) is 126 Å². The quantitative estimate of drug-likeness (QED) is 0.110. The van der Waals surface area contributed by atoms with Gasteiger partial charge in [0.1, 0.15) is 23.8 Å². The van der Waals surface area contributed by atoms with E-state index in [2.05, 4.69) is 139 Å². The standard InChI is InChI=1S/C39H50N4.4ClH.2Pd/c1-11-42(36-17-13-15-19-40-36)38-32(26(3)4)22-30(23-33(38)27(5)6)21-31-24-34(28(7)8)39(35(25-31)29(9)10)43(12-2)37-18-14-16-20-41-37;;;;;;/h11-20,22-29H,21H2,1-10H3;4*1H;;/q+2;;;;;;/p-4. The number of hydrogen-bond donors (Lipinski definition) is 0. The number of pyridine rings is 2. The molecule has 0 atom stereocenters. The third kappa shape index (κ3) is 12.3. The largest absolute Gasteiger partial charge is 1.00 e. The summed E-state index contributed by atoms with van der Waals surface area (Å²) in [6.45, 7) is 22.6. The first kappa shape index (κ1) is 51.9. The van der Waals surface area contributed by atoms with Crippen LogP contribution in [-0.4, -0.2) is 22.4 Å². The molecule has 0 N–H and O–H groups in total. The van der Waals surface area contributed by atoms with E-state index in [4.69, 9.17) is 9.97 Å².